The van der Waals surface area contributed by atoms with E-state index in [1.54, 1.807) is 65.6 Å². The van der Waals surface area contributed by atoms with Gasteiger partial charge in [-0.05, 0) is 141 Å². The molecule has 0 bridgehead atoms. The summed E-state index contributed by atoms with van der Waals surface area (Å²) in [7, 11) is 7.42. The molecule has 37 nitrogen and oxygen atoms in total. The SMILES string of the molecule is C=CC(=O)N1CCN(c2ncnc3[nH]c(C#CCOC)cc23)CC1.C=CC(=O)N1CCN(c2ncnc3[nH]c(C#CCOCc4ccccc4)cc23)CC1.C=CC(=O)N1CCN(c2ncnc3[nH]c(C#CCOc4ccccc4)cc23)CC1.CN(C)C/C=C/C(=O)N1CCN(c2ncnc3[nH]c(C#CCOc4ccccc4)cc23)CC1.CNC/C=C/C(=O)N1CCN(c2ncnc3[nH]c(C#CCOc4ccccc4)cc23)CC1. The zero-order valence-electron chi connectivity index (χ0n) is 83.3. The van der Waals surface area contributed by atoms with E-state index >= 15 is 0 Å². The number of H-pyrrole nitrogens is 5. The van der Waals surface area contributed by atoms with Gasteiger partial charge in [0.25, 0.3) is 0 Å². The van der Waals surface area contributed by atoms with Gasteiger partial charge in [0.05, 0.1) is 62.0 Å². The molecule has 6 N–H and O–H groups in total. The Hall–Kier alpha value is -17.9. The van der Waals surface area contributed by atoms with Crippen molar-refractivity contribution in [2.24, 2.45) is 0 Å². The lowest BCUT2D eigenvalue weighted by Crippen LogP contribution is -2.48. The Morgan fingerprint density at radius 1 is 0.345 bits per heavy atom. The van der Waals surface area contributed by atoms with Crippen LogP contribution in [-0.4, -0.2) is 339 Å². The number of carbonyl (C=O) groups excluding carboxylic acids is 5. The van der Waals surface area contributed by atoms with Gasteiger partial charge >= 0.3 is 0 Å². The second-order valence-corrected chi connectivity index (χ2v) is 34.2. The number of ether oxygens (including phenoxy) is 5. The minimum atomic E-state index is -0.0330. The van der Waals surface area contributed by atoms with Crippen LogP contribution in [0.15, 0.2) is 246 Å². The lowest BCUT2D eigenvalue weighted by molar-refractivity contribution is -0.127. The second-order valence-electron chi connectivity index (χ2n) is 34.2. The average Bonchev–Trinajstić information content (AvgIpc) is 1.67. The van der Waals surface area contributed by atoms with Gasteiger partial charge in [-0.3, -0.25) is 24.0 Å². The molecule has 4 aromatic carbocycles. The first-order valence-corrected chi connectivity index (χ1v) is 48.5. The number of carbonyl (C=O) groups is 5. The van der Waals surface area contributed by atoms with Crippen LogP contribution in [0.5, 0.6) is 17.2 Å². The number of aromatic nitrogens is 15. The molecule has 0 radical (unpaired) electrons. The van der Waals surface area contributed by atoms with Crippen LogP contribution in [-0.2, 0) is 40.1 Å². The van der Waals surface area contributed by atoms with Crippen LogP contribution in [0, 0.1) is 59.2 Å². The van der Waals surface area contributed by atoms with Crippen molar-refractivity contribution >= 4 is 114 Å². The number of amides is 5. The van der Waals surface area contributed by atoms with Crippen molar-refractivity contribution in [1.29, 1.82) is 0 Å². The fourth-order valence-corrected chi connectivity index (χ4v) is 16.6. The maximum absolute atomic E-state index is 12.4. The van der Waals surface area contributed by atoms with E-state index < -0.39 is 0 Å². The van der Waals surface area contributed by atoms with E-state index in [0.29, 0.717) is 138 Å². The Kier molecular flexibility index (Phi) is 38.1. The number of rotatable bonds is 24. The van der Waals surface area contributed by atoms with Gasteiger partial charge in [0.1, 0.15) is 139 Å². The molecule has 5 aliphatic heterocycles. The Bertz CT molecular complexity index is 7270. The first-order valence-electron chi connectivity index (χ1n) is 48.5. The number of likely N-dealkylation sites (N-methyl/N-ethyl adjacent to an activating group) is 2. The number of benzene rings is 4. The van der Waals surface area contributed by atoms with E-state index in [-0.39, 0.29) is 29.5 Å². The standard InChI is InChI=1S/C25H28N6O2.C24H26N6O2.C23H23N5O2.C22H21N5O2.C17H19N5O2/c1-29(2)12-6-11-23(32)30-13-15-31(16-14-30)25-22-18-20(28-24(22)26-19-27-25)8-7-17-33-21-9-4-3-5-10-21;1-25-11-5-10-22(31)29-12-14-30(15-13-29)24-21-17-19(28-23(21)26-18-27-24)7-6-16-32-20-8-3-2-4-9-20;1-2-21(29)27-10-12-28(13-11-27)23-20-15-19(26-22(20)24-17-25-23)9-6-14-30-16-18-7-4-3-5-8-18;1-2-20(28)26-10-12-27(13-11-26)22-19-15-17(25-21(19)23-16-24-22)7-6-14-29-18-8-4-3-5-9-18;1-3-15(23)21-6-8-22(9-7-21)17-14-11-13(5-4-10-24-2)20-16(14)18-12-19-17/h3-6,9-11,18-19H,12-17H2,1-2H3,(H,26,27,28);2-5,8-10,17-18,25H,11-16H2,1H3,(H,26,27,28);2-5,7-8,15,17H,1,10-14,16H2,(H,24,25,26);2-5,8-9,15-16H,1,10-14H2,(H,23,24,25);3,11-12H,1,6-10H2,2H3,(H,18,19,20)/b11-6+;10-5+;;;. The zero-order chi connectivity index (χ0) is 103. The highest BCUT2D eigenvalue weighted by Gasteiger charge is 2.29. The Morgan fingerprint density at radius 3 is 0.865 bits per heavy atom. The number of anilines is 5. The van der Waals surface area contributed by atoms with Gasteiger partial charge in [0.15, 0.2) is 0 Å². The van der Waals surface area contributed by atoms with Gasteiger partial charge in [-0.15, -0.1) is 0 Å². The highest BCUT2D eigenvalue weighted by Crippen LogP contribution is 2.32. The minimum Gasteiger partial charge on any atom is -0.481 e. The normalized spacial score (nSPS) is 13.9. The van der Waals surface area contributed by atoms with Crippen molar-refractivity contribution in [3.8, 4) is 76.5 Å². The van der Waals surface area contributed by atoms with Gasteiger partial charge in [0, 0.05) is 163 Å². The number of para-hydroxylation sites is 3. The number of methoxy groups -OCH3 is 1. The lowest BCUT2D eigenvalue weighted by atomic mass is 10.2. The number of hydrogen-bond donors (Lipinski definition) is 6. The topological polar surface area (TPSA) is 387 Å². The number of nitrogens with one attached hydrogen (secondary N) is 6. The molecule has 0 atom stereocenters. The molecular weight excluding hydrogens is 1870 g/mol. The van der Waals surface area contributed by atoms with Crippen LogP contribution < -0.4 is 44.0 Å². The minimum absolute atomic E-state index is 0.0279. The average molecular weight is 1990 g/mol. The Morgan fingerprint density at radius 2 is 0.601 bits per heavy atom. The van der Waals surface area contributed by atoms with Crippen molar-refractivity contribution < 1.29 is 47.7 Å². The highest BCUT2D eigenvalue weighted by molar-refractivity contribution is 5.95. The maximum atomic E-state index is 12.4. The van der Waals surface area contributed by atoms with E-state index in [1.165, 1.54) is 18.2 Å². The predicted molar refractivity (Wildman–Crippen MR) is 573 cm³/mol. The molecule has 15 heterocycles. The van der Waals surface area contributed by atoms with Gasteiger partial charge in [0.2, 0.25) is 29.5 Å². The molecular formula is C111H117N27O10. The molecule has 5 saturated heterocycles. The molecule has 5 aliphatic rings. The number of hydrogen-bond acceptors (Lipinski definition) is 27. The molecule has 5 amide bonds. The van der Waals surface area contributed by atoms with Gasteiger partial charge < -0.3 is 108 Å². The van der Waals surface area contributed by atoms with Gasteiger partial charge in [-0.2, -0.15) is 0 Å². The van der Waals surface area contributed by atoms with Gasteiger partial charge in [-0.1, -0.05) is 146 Å². The van der Waals surface area contributed by atoms with Crippen molar-refractivity contribution in [2.75, 3.05) is 230 Å². The maximum Gasteiger partial charge on any atom is 0.246 e. The summed E-state index contributed by atoms with van der Waals surface area (Å²) in [6, 6.07) is 48.6. The predicted octanol–water partition coefficient (Wildman–Crippen LogP) is 9.34. The summed E-state index contributed by atoms with van der Waals surface area (Å²) in [4.78, 5) is 142. The summed E-state index contributed by atoms with van der Waals surface area (Å²) in [6.07, 6.45) is 18.9. The third-order valence-corrected chi connectivity index (χ3v) is 24.1. The summed E-state index contributed by atoms with van der Waals surface area (Å²) in [5, 5.41) is 7.63. The highest BCUT2D eigenvalue weighted by atomic mass is 16.5. The van der Waals surface area contributed by atoms with E-state index in [1.807, 2.05) is 200 Å². The fraction of sp³-hybridized carbons (Fsp3) is 0.288. The van der Waals surface area contributed by atoms with Crippen LogP contribution >= 0.6 is 0 Å². The molecule has 0 saturated carbocycles. The van der Waals surface area contributed by atoms with E-state index in [0.717, 1.165) is 181 Å². The quantitative estimate of drug-likeness (QED) is 0.0186. The van der Waals surface area contributed by atoms with E-state index in [9.17, 15) is 24.0 Å². The molecule has 19 rings (SSSR count). The molecule has 14 aromatic rings. The van der Waals surface area contributed by atoms with Crippen molar-refractivity contribution in [1.82, 2.24) is 109 Å². The van der Waals surface area contributed by atoms with Crippen LogP contribution in [0.25, 0.3) is 55.2 Å². The number of nitrogens with zero attached hydrogens (tertiary/aromatic N) is 21. The van der Waals surface area contributed by atoms with Crippen LogP contribution in [0.4, 0.5) is 29.1 Å². The fourth-order valence-electron chi connectivity index (χ4n) is 16.6. The number of fused-ring (bicyclic) bond motifs is 5. The number of piperazine rings is 5. The molecule has 0 unspecified atom stereocenters. The lowest BCUT2D eigenvalue weighted by Gasteiger charge is -2.35. The van der Waals surface area contributed by atoms with Crippen molar-refractivity contribution in [3.63, 3.8) is 0 Å². The largest absolute Gasteiger partial charge is 0.481 e. The third kappa shape index (κ3) is 29.4. The smallest absolute Gasteiger partial charge is 0.246 e. The van der Waals surface area contributed by atoms with E-state index in [2.05, 4.69) is 184 Å². The number of aromatic amines is 5. The molecule has 0 spiro atoms. The van der Waals surface area contributed by atoms with Crippen LogP contribution in [0.1, 0.15) is 34.0 Å². The van der Waals surface area contributed by atoms with Gasteiger partial charge in [-0.25, -0.2) is 49.8 Å². The first kappa shape index (κ1) is 104. The molecule has 756 valence electrons. The zero-order valence-corrected chi connectivity index (χ0v) is 83.3. The van der Waals surface area contributed by atoms with Crippen LogP contribution in [0.2, 0.25) is 0 Å². The molecule has 148 heavy (non-hydrogen) atoms. The third-order valence-electron chi connectivity index (χ3n) is 24.1. The summed E-state index contributed by atoms with van der Waals surface area (Å²) >= 11 is 0. The van der Waals surface area contributed by atoms with Crippen molar-refractivity contribution in [2.45, 2.75) is 6.61 Å². The molecule has 0 aliphatic carbocycles. The van der Waals surface area contributed by atoms with E-state index in [4.69, 9.17) is 23.7 Å². The van der Waals surface area contributed by atoms with Crippen LogP contribution in [0.3, 0.4) is 0 Å². The molecule has 10 aromatic heterocycles. The monoisotopic (exact) mass is 1990 g/mol. The first-order chi connectivity index (χ1) is 72.5. The summed E-state index contributed by atoms with van der Waals surface area (Å²) < 4.78 is 27.4. The second kappa shape index (κ2) is 54.0. The Labute approximate surface area is 858 Å². The van der Waals surface area contributed by atoms with Crippen molar-refractivity contribution in [3.05, 3.63) is 280 Å². The molecule has 37 heteroatoms. The summed E-state index contributed by atoms with van der Waals surface area (Å²) in [5.74, 6) is 37.1. The summed E-state index contributed by atoms with van der Waals surface area (Å²) in [6.45, 7) is 27.9. The molecule has 5 fully saturated rings. The Balaban J connectivity index is 0.000000139. The summed E-state index contributed by atoms with van der Waals surface area (Å²) in [5.41, 5.74) is 8.72.